The highest BCUT2D eigenvalue weighted by molar-refractivity contribution is 7.89. The van der Waals surface area contributed by atoms with E-state index < -0.39 is 16.1 Å². The number of carbonyl (C=O) groups is 2. The zero-order valence-electron chi connectivity index (χ0n) is 24.1. The number of rotatable bonds is 14. The average molecular weight is 602 g/mol. The first kappa shape index (κ1) is 31.6. The van der Waals surface area contributed by atoms with Crippen LogP contribution in [0.15, 0.2) is 114 Å². The zero-order chi connectivity index (χ0) is 30.7. The highest BCUT2D eigenvalue weighted by Gasteiger charge is 2.31. The molecule has 0 bridgehead atoms. The standard InChI is InChI=1S/C34H36FN3O4S/c1-2-37-43(41,42)31-20-15-27(16-21-31)17-22-32(39)38(25-28-13-18-30(35)19-14-28)33(29-11-7-4-8-12-29)34(40)36-24-23-26-9-5-3-6-10-26/h3-16,18-21,33,37H,2,17,22-25H2,1H3,(H,36,40)/t33-/m0/s1. The minimum atomic E-state index is -3.58. The Hall–Kier alpha value is -4.34. The van der Waals surface area contributed by atoms with Gasteiger partial charge in [0.2, 0.25) is 21.8 Å². The monoisotopic (exact) mass is 601 g/mol. The van der Waals surface area contributed by atoms with Crippen LogP contribution in [0.25, 0.3) is 0 Å². The normalized spacial score (nSPS) is 12.0. The van der Waals surface area contributed by atoms with Gasteiger partial charge in [-0.2, -0.15) is 0 Å². The van der Waals surface area contributed by atoms with Crippen molar-refractivity contribution in [3.8, 4) is 0 Å². The summed E-state index contributed by atoms with van der Waals surface area (Å²) in [6.07, 6.45) is 1.07. The first-order valence-corrected chi connectivity index (χ1v) is 15.7. The van der Waals surface area contributed by atoms with Crippen molar-refractivity contribution < 1.29 is 22.4 Å². The first-order valence-electron chi connectivity index (χ1n) is 14.3. The van der Waals surface area contributed by atoms with E-state index in [2.05, 4.69) is 10.0 Å². The molecule has 0 unspecified atom stereocenters. The summed E-state index contributed by atoms with van der Waals surface area (Å²) < 4.78 is 40.7. The summed E-state index contributed by atoms with van der Waals surface area (Å²) in [7, 11) is -3.58. The third-order valence-electron chi connectivity index (χ3n) is 7.01. The molecule has 0 fully saturated rings. The van der Waals surface area contributed by atoms with Crippen LogP contribution in [0.1, 0.15) is 41.6 Å². The number of halogens is 1. The van der Waals surface area contributed by atoms with Gasteiger partial charge in [0, 0.05) is 26.1 Å². The topological polar surface area (TPSA) is 95.6 Å². The summed E-state index contributed by atoms with van der Waals surface area (Å²) in [5.41, 5.74) is 3.22. The van der Waals surface area contributed by atoms with E-state index in [0.717, 1.165) is 11.1 Å². The third-order valence-corrected chi connectivity index (χ3v) is 8.57. The van der Waals surface area contributed by atoms with Crippen molar-refractivity contribution in [1.29, 1.82) is 0 Å². The Balaban J connectivity index is 1.56. The van der Waals surface area contributed by atoms with Crippen molar-refractivity contribution in [2.45, 2.75) is 43.7 Å². The Labute approximate surface area is 252 Å². The molecule has 0 aliphatic carbocycles. The van der Waals surface area contributed by atoms with Crippen LogP contribution in [0.2, 0.25) is 0 Å². The molecule has 2 amide bonds. The Morgan fingerprint density at radius 3 is 1.98 bits per heavy atom. The number of benzene rings is 4. The van der Waals surface area contributed by atoms with Crippen LogP contribution in [0.3, 0.4) is 0 Å². The Kier molecular flexibility index (Phi) is 11.2. The lowest BCUT2D eigenvalue weighted by atomic mass is 10.0. The fourth-order valence-corrected chi connectivity index (χ4v) is 5.83. The molecule has 224 valence electrons. The van der Waals surface area contributed by atoms with Crippen LogP contribution in [0.5, 0.6) is 0 Å². The van der Waals surface area contributed by atoms with Crippen molar-refractivity contribution in [2.75, 3.05) is 13.1 Å². The smallest absolute Gasteiger partial charge is 0.247 e. The number of carbonyl (C=O) groups excluding carboxylic acids is 2. The Morgan fingerprint density at radius 1 is 0.767 bits per heavy atom. The van der Waals surface area contributed by atoms with Gasteiger partial charge in [-0.1, -0.05) is 91.9 Å². The van der Waals surface area contributed by atoms with Gasteiger partial charge in [-0.15, -0.1) is 0 Å². The molecule has 0 aliphatic rings. The number of aryl methyl sites for hydroxylation is 1. The van der Waals surface area contributed by atoms with Gasteiger partial charge in [-0.3, -0.25) is 9.59 Å². The van der Waals surface area contributed by atoms with Crippen LogP contribution in [0, 0.1) is 5.82 Å². The fraction of sp³-hybridized carbons (Fsp3) is 0.235. The van der Waals surface area contributed by atoms with E-state index in [9.17, 15) is 22.4 Å². The summed E-state index contributed by atoms with van der Waals surface area (Å²) in [5.74, 6) is -0.962. The maximum atomic E-state index is 13.9. The molecule has 7 nitrogen and oxygen atoms in total. The van der Waals surface area contributed by atoms with Gasteiger partial charge in [0.05, 0.1) is 4.90 Å². The van der Waals surface area contributed by atoms with Crippen LogP contribution in [0.4, 0.5) is 4.39 Å². The predicted octanol–water partition coefficient (Wildman–Crippen LogP) is 5.19. The molecule has 0 heterocycles. The molecule has 0 aliphatic heterocycles. The lowest BCUT2D eigenvalue weighted by Crippen LogP contribution is -2.44. The minimum absolute atomic E-state index is 0.0845. The van der Waals surface area contributed by atoms with Crippen LogP contribution < -0.4 is 10.0 Å². The second kappa shape index (κ2) is 15.2. The fourth-order valence-electron chi connectivity index (χ4n) is 4.79. The minimum Gasteiger partial charge on any atom is -0.354 e. The molecule has 0 saturated heterocycles. The second-order valence-electron chi connectivity index (χ2n) is 10.1. The maximum absolute atomic E-state index is 13.9. The van der Waals surface area contributed by atoms with Crippen LogP contribution in [-0.2, 0) is 39.0 Å². The van der Waals surface area contributed by atoms with Gasteiger partial charge >= 0.3 is 0 Å². The SMILES string of the molecule is CCNS(=O)(=O)c1ccc(CCC(=O)N(Cc2ccc(F)cc2)[C@H](C(=O)NCCc2ccccc2)c2ccccc2)cc1. The molecular formula is C34H36FN3O4S. The molecule has 9 heteroatoms. The van der Waals surface area contributed by atoms with Gasteiger partial charge in [0.15, 0.2) is 0 Å². The Bertz CT molecular complexity index is 1580. The molecule has 0 radical (unpaired) electrons. The van der Waals surface area contributed by atoms with Gasteiger partial charge in [-0.05, 0) is 59.4 Å². The van der Waals surface area contributed by atoms with E-state index in [1.165, 1.54) is 29.2 Å². The van der Waals surface area contributed by atoms with Gasteiger partial charge in [-0.25, -0.2) is 17.5 Å². The van der Waals surface area contributed by atoms with Crippen molar-refractivity contribution in [2.24, 2.45) is 0 Å². The molecule has 43 heavy (non-hydrogen) atoms. The van der Waals surface area contributed by atoms with E-state index in [4.69, 9.17) is 0 Å². The highest BCUT2D eigenvalue weighted by atomic mass is 32.2. The van der Waals surface area contributed by atoms with Crippen molar-refractivity contribution >= 4 is 21.8 Å². The largest absolute Gasteiger partial charge is 0.354 e. The van der Waals surface area contributed by atoms with Gasteiger partial charge < -0.3 is 10.2 Å². The molecule has 4 rings (SSSR count). The van der Waals surface area contributed by atoms with E-state index in [0.29, 0.717) is 30.5 Å². The van der Waals surface area contributed by atoms with E-state index >= 15 is 0 Å². The number of nitrogens with zero attached hydrogens (tertiary/aromatic N) is 1. The maximum Gasteiger partial charge on any atom is 0.247 e. The molecule has 0 spiro atoms. The van der Waals surface area contributed by atoms with Crippen molar-refractivity contribution in [3.63, 3.8) is 0 Å². The quantitative estimate of drug-likeness (QED) is 0.208. The number of amides is 2. The summed E-state index contributed by atoms with van der Waals surface area (Å²) in [6, 6.07) is 30.3. The molecule has 4 aromatic carbocycles. The molecule has 2 N–H and O–H groups in total. The van der Waals surface area contributed by atoms with Crippen molar-refractivity contribution in [1.82, 2.24) is 14.9 Å². The number of sulfonamides is 1. The summed E-state index contributed by atoms with van der Waals surface area (Å²) >= 11 is 0. The van der Waals surface area contributed by atoms with E-state index in [1.807, 2.05) is 60.7 Å². The predicted molar refractivity (Wildman–Crippen MR) is 165 cm³/mol. The number of hydrogen-bond donors (Lipinski definition) is 2. The van der Waals surface area contributed by atoms with Crippen molar-refractivity contribution in [3.05, 3.63) is 137 Å². The lowest BCUT2D eigenvalue weighted by molar-refractivity contribution is -0.141. The second-order valence-corrected chi connectivity index (χ2v) is 11.9. The summed E-state index contributed by atoms with van der Waals surface area (Å²) in [6.45, 7) is 2.49. The third kappa shape index (κ3) is 9.07. The number of nitrogens with one attached hydrogen (secondary N) is 2. The zero-order valence-corrected chi connectivity index (χ0v) is 24.9. The highest BCUT2D eigenvalue weighted by Crippen LogP contribution is 2.25. The average Bonchev–Trinajstić information content (AvgIpc) is 3.02. The van der Waals surface area contributed by atoms with E-state index in [-0.39, 0.29) is 42.0 Å². The van der Waals surface area contributed by atoms with Crippen LogP contribution in [-0.4, -0.2) is 38.2 Å². The molecular weight excluding hydrogens is 565 g/mol. The van der Waals surface area contributed by atoms with Gasteiger partial charge in [0.25, 0.3) is 0 Å². The molecule has 1 atom stereocenters. The van der Waals surface area contributed by atoms with Gasteiger partial charge in [0.1, 0.15) is 11.9 Å². The Morgan fingerprint density at radius 2 is 1.35 bits per heavy atom. The lowest BCUT2D eigenvalue weighted by Gasteiger charge is -2.32. The summed E-state index contributed by atoms with van der Waals surface area (Å²) in [5, 5.41) is 3.01. The first-order chi connectivity index (χ1) is 20.8. The van der Waals surface area contributed by atoms with E-state index in [1.54, 1.807) is 31.2 Å². The number of hydrogen-bond acceptors (Lipinski definition) is 4. The molecule has 4 aromatic rings. The van der Waals surface area contributed by atoms with Crippen LogP contribution >= 0.6 is 0 Å². The summed E-state index contributed by atoms with van der Waals surface area (Å²) in [4.78, 5) is 29.3. The molecule has 0 saturated carbocycles. The molecule has 0 aromatic heterocycles.